The summed E-state index contributed by atoms with van der Waals surface area (Å²) in [5, 5.41) is 0.626. The quantitative estimate of drug-likeness (QED) is 0.662. The van der Waals surface area contributed by atoms with Crippen LogP contribution in [0.3, 0.4) is 0 Å². The maximum absolute atomic E-state index is 12.8. The largest absolute Gasteiger partial charge is 0.491 e. The van der Waals surface area contributed by atoms with Gasteiger partial charge in [0, 0.05) is 45.1 Å². The van der Waals surface area contributed by atoms with Crippen LogP contribution in [0.5, 0.6) is 5.75 Å². The molecule has 0 spiro atoms. The van der Waals surface area contributed by atoms with E-state index in [1.54, 1.807) is 6.20 Å². The molecule has 0 bridgehead atoms. The summed E-state index contributed by atoms with van der Waals surface area (Å²) in [4.78, 5) is 21.4. The maximum atomic E-state index is 12.8. The fourth-order valence-corrected chi connectivity index (χ4v) is 3.56. The van der Waals surface area contributed by atoms with Gasteiger partial charge in [-0.3, -0.25) is 9.69 Å². The van der Waals surface area contributed by atoms with Crippen LogP contribution >= 0.6 is 11.6 Å². The van der Waals surface area contributed by atoms with Gasteiger partial charge in [-0.05, 0) is 36.8 Å². The molecule has 0 atom stereocenters. The van der Waals surface area contributed by atoms with Crippen molar-refractivity contribution < 1.29 is 9.53 Å². The smallest absolute Gasteiger partial charge is 0.274 e. The molecule has 0 radical (unpaired) electrons. The zero-order valence-electron chi connectivity index (χ0n) is 15.8. The fourth-order valence-electron chi connectivity index (χ4n) is 3.37. The number of aryl methyl sites for hydroxylation is 1. The minimum Gasteiger partial charge on any atom is -0.491 e. The maximum Gasteiger partial charge on any atom is 0.274 e. The Morgan fingerprint density at radius 3 is 2.75 bits per heavy atom. The molecule has 0 aliphatic carbocycles. The lowest BCUT2D eigenvalue weighted by Crippen LogP contribution is -2.49. The van der Waals surface area contributed by atoms with Gasteiger partial charge in [-0.25, -0.2) is 4.98 Å². The van der Waals surface area contributed by atoms with Crippen molar-refractivity contribution in [2.24, 2.45) is 0 Å². The summed E-state index contributed by atoms with van der Waals surface area (Å²) in [5.74, 6) is 0.702. The van der Waals surface area contributed by atoms with Gasteiger partial charge in [0.25, 0.3) is 5.91 Å². The number of carbonyl (C=O) groups is 1. The first kappa shape index (κ1) is 18.8. The number of nitrogens with zero attached hydrogens (tertiary/aromatic N) is 4. The topological polar surface area (TPSA) is 50.1 Å². The van der Waals surface area contributed by atoms with Gasteiger partial charge in [0.2, 0.25) is 0 Å². The van der Waals surface area contributed by atoms with Gasteiger partial charge in [0.15, 0.2) is 0 Å². The Labute approximate surface area is 169 Å². The van der Waals surface area contributed by atoms with Gasteiger partial charge in [-0.2, -0.15) is 0 Å². The number of ether oxygens (including phenoxy) is 1. The third kappa shape index (κ3) is 4.13. The Morgan fingerprint density at radius 1 is 1.18 bits per heavy atom. The lowest BCUT2D eigenvalue weighted by molar-refractivity contribution is 0.0615. The van der Waals surface area contributed by atoms with Crippen molar-refractivity contribution in [2.45, 2.75) is 6.92 Å². The molecule has 1 amide bonds. The molecule has 146 valence electrons. The molecule has 7 heteroatoms. The molecule has 0 saturated carbocycles. The minimum absolute atomic E-state index is 0.00618. The van der Waals surface area contributed by atoms with Crippen molar-refractivity contribution in [3.05, 3.63) is 65.1 Å². The van der Waals surface area contributed by atoms with Gasteiger partial charge < -0.3 is 14.0 Å². The predicted octanol–water partition coefficient (Wildman–Crippen LogP) is 3.13. The number of rotatable bonds is 5. The van der Waals surface area contributed by atoms with Crippen LogP contribution in [-0.2, 0) is 0 Å². The standard InChI is InChI=1S/C21H23ClN4O2/c1-16-6-7-26-15-18(23-20(26)14-16)21(27)25-10-8-24(9-11-25)12-13-28-19-5-3-2-4-17(19)22/h2-7,14-15H,8-13H2,1H3. The predicted molar refractivity (Wildman–Crippen MR) is 109 cm³/mol. The van der Waals surface area contributed by atoms with Crippen LogP contribution in [0.25, 0.3) is 5.65 Å². The van der Waals surface area contributed by atoms with Crippen LogP contribution < -0.4 is 4.74 Å². The molecule has 2 aromatic heterocycles. The molecule has 1 saturated heterocycles. The average Bonchev–Trinajstić information content (AvgIpc) is 3.12. The van der Waals surface area contributed by atoms with E-state index in [9.17, 15) is 4.79 Å². The second-order valence-electron chi connectivity index (χ2n) is 7.01. The van der Waals surface area contributed by atoms with Gasteiger partial charge >= 0.3 is 0 Å². The van der Waals surface area contributed by atoms with E-state index in [-0.39, 0.29) is 5.91 Å². The van der Waals surface area contributed by atoms with Crippen LogP contribution in [0.15, 0.2) is 48.8 Å². The van der Waals surface area contributed by atoms with Gasteiger partial charge in [0.1, 0.15) is 23.7 Å². The van der Waals surface area contributed by atoms with Crippen LogP contribution in [0, 0.1) is 6.92 Å². The first-order valence-corrected chi connectivity index (χ1v) is 9.82. The number of aromatic nitrogens is 2. The van der Waals surface area contributed by atoms with Crippen molar-refractivity contribution in [1.82, 2.24) is 19.2 Å². The lowest BCUT2D eigenvalue weighted by Gasteiger charge is -2.34. The van der Waals surface area contributed by atoms with E-state index in [1.807, 2.05) is 58.8 Å². The SMILES string of the molecule is Cc1ccn2cc(C(=O)N3CCN(CCOc4ccccc4Cl)CC3)nc2c1. The summed E-state index contributed by atoms with van der Waals surface area (Å²) in [5.41, 5.74) is 2.43. The number of piperazine rings is 1. The number of imidazole rings is 1. The Hall–Kier alpha value is -2.57. The third-order valence-corrected chi connectivity index (χ3v) is 5.31. The number of carbonyl (C=O) groups excluding carboxylic acids is 1. The Kier molecular flexibility index (Phi) is 5.50. The molecular weight excluding hydrogens is 376 g/mol. The summed E-state index contributed by atoms with van der Waals surface area (Å²) in [6.07, 6.45) is 3.74. The molecule has 1 aliphatic rings. The number of pyridine rings is 1. The number of fused-ring (bicyclic) bond motifs is 1. The van der Waals surface area contributed by atoms with Crippen molar-refractivity contribution in [2.75, 3.05) is 39.3 Å². The molecule has 0 N–H and O–H groups in total. The summed E-state index contributed by atoms with van der Waals surface area (Å²) >= 11 is 6.11. The second kappa shape index (κ2) is 8.20. The van der Waals surface area contributed by atoms with Crippen molar-refractivity contribution in [1.29, 1.82) is 0 Å². The highest BCUT2D eigenvalue weighted by molar-refractivity contribution is 6.32. The van der Waals surface area contributed by atoms with E-state index in [0.717, 1.165) is 30.8 Å². The van der Waals surface area contributed by atoms with Gasteiger partial charge in [0.05, 0.1) is 5.02 Å². The van der Waals surface area contributed by atoms with Crippen LogP contribution in [0.4, 0.5) is 0 Å². The molecule has 3 aromatic rings. The fraction of sp³-hybridized carbons (Fsp3) is 0.333. The Balaban J connectivity index is 1.28. The van der Waals surface area contributed by atoms with E-state index in [1.165, 1.54) is 0 Å². The molecule has 3 heterocycles. The summed E-state index contributed by atoms with van der Waals surface area (Å²) < 4.78 is 7.65. The van der Waals surface area contributed by atoms with Crippen LogP contribution in [0.2, 0.25) is 5.02 Å². The second-order valence-corrected chi connectivity index (χ2v) is 7.42. The molecule has 6 nitrogen and oxygen atoms in total. The Bertz CT molecular complexity index is 979. The molecule has 1 fully saturated rings. The number of hydrogen-bond acceptors (Lipinski definition) is 4. The molecule has 4 rings (SSSR count). The Morgan fingerprint density at radius 2 is 1.96 bits per heavy atom. The average molecular weight is 399 g/mol. The van der Waals surface area contributed by atoms with Crippen LogP contribution in [0.1, 0.15) is 16.1 Å². The minimum atomic E-state index is -0.00618. The number of halogens is 1. The number of hydrogen-bond donors (Lipinski definition) is 0. The van der Waals surface area contributed by atoms with E-state index in [4.69, 9.17) is 16.3 Å². The normalized spacial score (nSPS) is 15.1. The van der Waals surface area contributed by atoms with Crippen LogP contribution in [-0.4, -0.2) is 64.4 Å². The van der Waals surface area contributed by atoms with Gasteiger partial charge in [-0.1, -0.05) is 23.7 Å². The first-order valence-electron chi connectivity index (χ1n) is 9.44. The molecule has 1 aromatic carbocycles. The summed E-state index contributed by atoms with van der Waals surface area (Å²) in [6, 6.07) is 11.5. The third-order valence-electron chi connectivity index (χ3n) is 5.00. The molecule has 28 heavy (non-hydrogen) atoms. The highest BCUT2D eigenvalue weighted by Gasteiger charge is 2.23. The zero-order valence-corrected chi connectivity index (χ0v) is 16.6. The highest BCUT2D eigenvalue weighted by atomic mass is 35.5. The number of benzene rings is 1. The molecule has 1 aliphatic heterocycles. The van der Waals surface area contributed by atoms with E-state index < -0.39 is 0 Å². The van der Waals surface area contributed by atoms with E-state index in [2.05, 4.69) is 9.88 Å². The van der Waals surface area contributed by atoms with Gasteiger partial charge in [-0.15, -0.1) is 0 Å². The summed E-state index contributed by atoms with van der Waals surface area (Å²) in [6.45, 7) is 6.43. The summed E-state index contributed by atoms with van der Waals surface area (Å²) in [7, 11) is 0. The van der Waals surface area contributed by atoms with Crippen molar-refractivity contribution in [3.63, 3.8) is 0 Å². The number of para-hydroxylation sites is 1. The number of amides is 1. The molecular formula is C21H23ClN4O2. The van der Waals surface area contributed by atoms with Crippen molar-refractivity contribution >= 4 is 23.2 Å². The molecule has 0 unspecified atom stereocenters. The van der Waals surface area contributed by atoms with Crippen molar-refractivity contribution in [3.8, 4) is 5.75 Å². The highest BCUT2D eigenvalue weighted by Crippen LogP contribution is 2.23. The zero-order chi connectivity index (χ0) is 19.5. The van der Waals surface area contributed by atoms with E-state index in [0.29, 0.717) is 36.2 Å². The lowest BCUT2D eigenvalue weighted by atomic mass is 10.3. The van der Waals surface area contributed by atoms with E-state index >= 15 is 0 Å². The monoisotopic (exact) mass is 398 g/mol. The first-order chi connectivity index (χ1) is 13.6.